The van der Waals surface area contributed by atoms with Crippen LogP contribution in [0.5, 0.6) is 0 Å². The van der Waals surface area contributed by atoms with Gasteiger partial charge in [-0.2, -0.15) is 13.2 Å². The van der Waals surface area contributed by atoms with Crippen LogP contribution in [0.2, 0.25) is 0 Å². The molecule has 5 heteroatoms. The molecule has 2 nitrogen and oxygen atoms in total. The molecular formula is C14H21F3N2. The number of nitrogens with zero attached hydrogens (tertiary/aromatic N) is 1. The maximum absolute atomic E-state index is 12.5. The fourth-order valence-corrected chi connectivity index (χ4v) is 2.14. The molecule has 1 atom stereocenters. The first kappa shape index (κ1) is 16.0. The molecule has 0 amide bonds. The minimum absolute atomic E-state index is 0.295. The van der Waals surface area contributed by atoms with Gasteiger partial charge in [0.05, 0.1) is 6.54 Å². The average Bonchev–Trinajstić information content (AvgIpc) is 2.37. The van der Waals surface area contributed by atoms with Crippen LogP contribution in [0.3, 0.4) is 0 Å². The first-order chi connectivity index (χ1) is 8.80. The standard InChI is InChI=1S/C14H21F3N2/c1-3-19(11-14(15,16)17)10-13(2,9-18)12-7-5-4-6-8-12/h4-8H,3,9-11,18H2,1-2H3. The second-order valence-electron chi connectivity index (χ2n) is 5.05. The van der Waals surface area contributed by atoms with Crippen molar-refractivity contribution in [3.8, 4) is 0 Å². The Hall–Kier alpha value is -1.07. The minimum Gasteiger partial charge on any atom is -0.330 e. The molecule has 0 bridgehead atoms. The van der Waals surface area contributed by atoms with Crippen LogP contribution in [0.1, 0.15) is 19.4 Å². The highest BCUT2D eigenvalue weighted by Gasteiger charge is 2.34. The summed E-state index contributed by atoms with van der Waals surface area (Å²) in [7, 11) is 0. The summed E-state index contributed by atoms with van der Waals surface area (Å²) in [5, 5.41) is 0. The highest BCUT2D eigenvalue weighted by molar-refractivity contribution is 5.25. The number of hydrogen-bond donors (Lipinski definition) is 1. The molecule has 0 aliphatic carbocycles. The molecule has 1 unspecified atom stereocenters. The highest BCUT2D eigenvalue weighted by Crippen LogP contribution is 2.25. The third-order valence-corrected chi connectivity index (χ3v) is 3.34. The number of likely N-dealkylation sites (N-methyl/N-ethyl adjacent to an activating group) is 1. The van der Waals surface area contributed by atoms with E-state index in [1.54, 1.807) is 6.92 Å². The first-order valence-corrected chi connectivity index (χ1v) is 6.35. The van der Waals surface area contributed by atoms with Crippen molar-refractivity contribution in [3.05, 3.63) is 35.9 Å². The van der Waals surface area contributed by atoms with Crippen LogP contribution in [0, 0.1) is 0 Å². The van der Waals surface area contributed by atoms with Gasteiger partial charge in [0, 0.05) is 18.5 Å². The summed E-state index contributed by atoms with van der Waals surface area (Å²) in [6.45, 7) is 3.69. The van der Waals surface area contributed by atoms with Gasteiger partial charge in [0.25, 0.3) is 0 Å². The zero-order valence-corrected chi connectivity index (χ0v) is 11.4. The molecule has 1 rings (SSSR count). The van der Waals surface area contributed by atoms with Gasteiger partial charge in [-0.3, -0.25) is 4.90 Å². The van der Waals surface area contributed by atoms with Crippen molar-refractivity contribution < 1.29 is 13.2 Å². The Morgan fingerprint density at radius 2 is 1.68 bits per heavy atom. The maximum atomic E-state index is 12.5. The first-order valence-electron chi connectivity index (χ1n) is 6.35. The molecule has 0 aliphatic rings. The molecule has 2 N–H and O–H groups in total. The average molecular weight is 274 g/mol. The summed E-state index contributed by atoms with van der Waals surface area (Å²) in [6.07, 6.45) is -4.18. The Morgan fingerprint density at radius 1 is 1.11 bits per heavy atom. The van der Waals surface area contributed by atoms with Crippen LogP contribution in [0.4, 0.5) is 13.2 Å². The van der Waals surface area contributed by atoms with Crippen molar-refractivity contribution >= 4 is 0 Å². The molecule has 0 aliphatic heterocycles. The van der Waals surface area contributed by atoms with Gasteiger partial charge in [-0.15, -0.1) is 0 Å². The highest BCUT2D eigenvalue weighted by atomic mass is 19.4. The van der Waals surface area contributed by atoms with Gasteiger partial charge in [-0.25, -0.2) is 0 Å². The monoisotopic (exact) mass is 274 g/mol. The van der Waals surface area contributed by atoms with Crippen LogP contribution in [0.25, 0.3) is 0 Å². The third kappa shape index (κ3) is 4.84. The molecule has 1 aromatic carbocycles. The third-order valence-electron chi connectivity index (χ3n) is 3.34. The summed E-state index contributed by atoms with van der Waals surface area (Å²) in [5.41, 5.74) is 6.30. The van der Waals surface area contributed by atoms with Gasteiger partial charge < -0.3 is 5.73 Å². The molecule has 19 heavy (non-hydrogen) atoms. The van der Waals surface area contributed by atoms with E-state index in [2.05, 4.69) is 0 Å². The maximum Gasteiger partial charge on any atom is 0.401 e. The Morgan fingerprint density at radius 3 is 2.11 bits per heavy atom. The molecule has 0 saturated carbocycles. The van der Waals surface area contributed by atoms with Crippen LogP contribution in [0.15, 0.2) is 30.3 Å². The Kier molecular flexibility index (Phi) is 5.38. The van der Waals surface area contributed by atoms with Crippen LogP contribution < -0.4 is 5.73 Å². The summed E-state index contributed by atoms with van der Waals surface area (Å²) >= 11 is 0. The Balaban J connectivity index is 2.85. The van der Waals surface area contributed by atoms with E-state index in [0.717, 1.165) is 5.56 Å². The zero-order chi connectivity index (χ0) is 14.5. The fraction of sp³-hybridized carbons (Fsp3) is 0.571. The lowest BCUT2D eigenvalue weighted by molar-refractivity contribution is -0.147. The molecular weight excluding hydrogens is 253 g/mol. The molecule has 0 heterocycles. The number of hydrogen-bond acceptors (Lipinski definition) is 2. The van der Waals surface area contributed by atoms with Crippen LogP contribution >= 0.6 is 0 Å². The van der Waals surface area contributed by atoms with E-state index in [9.17, 15) is 13.2 Å². The second kappa shape index (κ2) is 6.39. The number of benzene rings is 1. The van der Waals surface area contributed by atoms with Crippen molar-refractivity contribution in [1.29, 1.82) is 0 Å². The van der Waals surface area contributed by atoms with E-state index in [1.807, 2.05) is 37.3 Å². The van der Waals surface area contributed by atoms with Gasteiger partial charge in [-0.1, -0.05) is 44.2 Å². The molecule has 0 fully saturated rings. The number of alkyl halides is 3. The molecule has 0 aromatic heterocycles. The van der Waals surface area contributed by atoms with E-state index in [1.165, 1.54) is 4.90 Å². The quantitative estimate of drug-likeness (QED) is 0.864. The van der Waals surface area contributed by atoms with E-state index >= 15 is 0 Å². The zero-order valence-electron chi connectivity index (χ0n) is 11.4. The van der Waals surface area contributed by atoms with Gasteiger partial charge in [0.15, 0.2) is 0 Å². The van der Waals surface area contributed by atoms with Crippen molar-refractivity contribution in [2.45, 2.75) is 25.4 Å². The Labute approximate surface area is 112 Å². The predicted molar refractivity (Wildman–Crippen MR) is 71.0 cm³/mol. The van der Waals surface area contributed by atoms with Crippen molar-refractivity contribution in [3.63, 3.8) is 0 Å². The van der Waals surface area contributed by atoms with E-state index in [-0.39, 0.29) is 0 Å². The summed E-state index contributed by atoms with van der Waals surface area (Å²) in [5.74, 6) is 0. The molecule has 0 spiro atoms. The van der Waals surface area contributed by atoms with Gasteiger partial charge in [-0.05, 0) is 12.1 Å². The van der Waals surface area contributed by atoms with Crippen LogP contribution in [-0.4, -0.2) is 37.3 Å². The van der Waals surface area contributed by atoms with E-state index in [0.29, 0.717) is 19.6 Å². The number of halogens is 3. The van der Waals surface area contributed by atoms with Crippen molar-refractivity contribution in [1.82, 2.24) is 4.90 Å². The van der Waals surface area contributed by atoms with Crippen molar-refractivity contribution in [2.24, 2.45) is 5.73 Å². The lowest BCUT2D eigenvalue weighted by Gasteiger charge is -2.35. The molecule has 108 valence electrons. The predicted octanol–water partition coefficient (Wildman–Crippen LogP) is 2.79. The van der Waals surface area contributed by atoms with Crippen molar-refractivity contribution in [2.75, 3.05) is 26.2 Å². The largest absolute Gasteiger partial charge is 0.401 e. The van der Waals surface area contributed by atoms with Gasteiger partial charge in [0.2, 0.25) is 0 Å². The molecule has 0 radical (unpaired) electrons. The van der Waals surface area contributed by atoms with Gasteiger partial charge in [0.1, 0.15) is 0 Å². The minimum atomic E-state index is -4.18. The lowest BCUT2D eigenvalue weighted by Crippen LogP contribution is -2.46. The van der Waals surface area contributed by atoms with E-state index < -0.39 is 18.1 Å². The fourth-order valence-electron chi connectivity index (χ4n) is 2.14. The summed E-state index contributed by atoms with van der Waals surface area (Å²) < 4.78 is 37.5. The number of rotatable bonds is 6. The summed E-state index contributed by atoms with van der Waals surface area (Å²) in [4.78, 5) is 1.39. The number of nitrogens with two attached hydrogens (primary N) is 1. The normalized spacial score (nSPS) is 15.5. The Bertz CT molecular complexity index is 378. The molecule has 1 aromatic rings. The summed E-state index contributed by atoms with van der Waals surface area (Å²) in [6, 6.07) is 9.46. The SMILES string of the molecule is CCN(CC(F)(F)F)CC(C)(CN)c1ccccc1. The molecule has 0 saturated heterocycles. The smallest absolute Gasteiger partial charge is 0.330 e. The lowest BCUT2D eigenvalue weighted by atomic mass is 9.82. The van der Waals surface area contributed by atoms with Gasteiger partial charge >= 0.3 is 6.18 Å². The van der Waals surface area contributed by atoms with E-state index in [4.69, 9.17) is 5.73 Å². The second-order valence-corrected chi connectivity index (χ2v) is 5.05. The topological polar surface area (TPSA) is 29.3 Å². The van der Waals surface area contributed by atoms with Crippen LogP contribution in [-0.2, 0) is 5.41 Å².